The molecule has 1 aromatic carbocycles. The van der Waals surface area contributed by atoms with Gasteiger partial charge < -0.3 is 19.0 Å². The number of aromatic nitrogens is 1. The Balaban J connectivity index is 1.44. The van der Waals surface area contributed by atoms with Crippen LogP contribution in [0.3, 0.4) is 0 Å². The third kappa shape index (κ3) is 4.41. The molecule has 0 spiro atoms. The number of furan rings is 1. The molecule has 1 unspecified atom stereocenters. The summed E-state index contributed by atoms with van der Waals surface area (Å²) < 4.78 is 16.8. The van der Waals surface area contributed by atoms with Crippen molar-refractivity contribution in [2.24, 2.45) is 0 Å². The Bertz CT molecular complexity index is 955. The minimum Gasteiger partial charge on any atom is -0.488 e. The van der Waals surface area contributed by atoms with Crippen molar-refractivity contribution < 1.29 is 18.5 Å². The molecule has 0 aliphatic carbocycles. The van der Waals surface area contributed by atoms with Crippen molar-refractivity contribution in [1.82, 2.24) is 15.4 Å². The number of hydrogen-bond donors (Lipinski definition) is 1. The first-order chi connectivity index (χ1) is 14.6. The maximum Gasteiger partial charge on any atom is 0.255 e. The van der Waals surface area contributed by atoms with Crippen molar-refractivity contribution in [1.29, 1.82) is 0 Å². The van der Waals surface area contributed by atoms with E-state index in [0.717, 1.165) is 35.9 Å². The molecular weight excluding hydrogens is 382 g/mol. The third-order valence-corrected chi connectivity index (χ3v) is 5.59. The van der Waals surface area contributed by atoms with Crippen LogP contribution in [0.2, 0.25) is 0 Å². The summed E-state index contributed by atoms with van der Waals surface area (Å²) in [6.07, 6.45) is 4.02. The van der Waals surface area contributed by atoms with E-state index in [-0.39, 0.29) is 11.9 Å². The van der Waals surface area contributed by atoms with Crippen LogP contribution in [0.25, 0.3) is 0 Å². The van der Waals surface area contributed by atoms with E-state index in [1.165, 1.54) is 12.8 Å². The van der Waals surface area contributed by atoms with Crippen molar-refractivity contribution in [2.75, 3.05) is 19.6 Å². The highest BCUT2D eigenvalue weighted by atomic mass is 16.5. The van der Waals surface area contributed by atoms with Gasteiger partial charge in [-0.1, -0.05) is 17.3 Å². The van der Waals surface area contributed by atoms with Crippen molar-refractivity contribution in [3.05, 3.63) is 71.0 Å². The molecule has 7 heteroatoms. The van der Waals surface area contributed by atoms with Crippen LogP contribution >= 0.6 is 0 Å². The summed E-state index contributed by atoms with van der Waals surface area (Å²) in [5.74, 6) is 1.97. The number of amides is 1. The van der Waals surface area contributed by atoms with E-state index in [1.54, 1.807) is 18.4 Å². The van der Waals surface area contributed by atoms with Gasteiger partial charge in [-0.2, -0.15) is 0 Å². The van der Waals surface area contributed by atoms with Gasteiger partial charge >= 0.3 is 0 Å². The molecule has 1 aliphatic heterocycles. The van der Waals surface area contributed by atoms with Gasteiger partial charge in [0.05, 0.1) is 29.1 Å². The normalized spacial score (nSPS) is 15.3. The second kappa shape index (κ2) is 9.17. The van der Waals surface area contributed by atoms with Gasteiger partial charge in [0.2, 0.25) is 0 Å². The van der Waals surface area contributed by atoms with Gasteiger partial charge in [0.1, 0.15) is 23.9 Å². The third-order valence-electron chi connectivity index (χ3n) is 5.59. The fourth-order valence-electron chi connectivity index (χ4n) is 3.87. The lowest BCUT2D eigenvalue weighted by Gasteiger charge is -2.26. The Morgan fingerprint density at radius 1 is 1.20 bits per heavy atom. The second-order valence-electron chi connectivity index (χ2n) is 7.57. The fraction of sp³-hybridized carbons (Fsp3) is 0.391. The maximum atomic E-state index is 13.0. The number of para-hydroxylation sites is 1. The van der Waals surface area contributed by atoms with Crippen LogP contribution in [-0.2, 0) is 6.61 Å². The van der Waals surface area contributed by atoms with E-state index in [9.17, 15) is 4.79 Å². The van der Waals surface area contributed by atoms with Crippen molar-refractivity contribution in [3.63, 3.8) is 0 Å². The summed E-state index contributed by atoms with van der Waals surface area (Å²) in [7, 11) is 0. The summed E-state index contributed by atoms with van der Waals surface area (Å²) in [6.45, 7) is 6.53. The molecule has 1 aliphatic rings. The zero-order valence-corrected chi connectivity index (χ0v) is 17.4. The van der Waals surface area contributed by atoms with Crippen molar-refractivity contribution in [3.8, 4) is 5.75 Å². The highest BCUT2D eigenvalue weighted by Crippen LogP contribution is 2.26. The predicted molar refractivity (Wildman–Crippen MR) is 111 cm³/mol. The number of nitrogens with zero attached hydrogens (tertiary/aromatic N) is 2. The average molecular weight is 409 g/mol. The van der Waals surface area contributed by atoms with E-state index in [4.69, 9.17) is 13.7 Å². The van der Waals surface area contributed by atoms with Gasteiger partial charge in [0, 0.05) is 6.54 Å². The van der Waals surface area contributed by atoms with Crippen LogP contribution in [0, 0.1) is 13.8 Å². The molecule has 0 bridgehead atoms. The minimum absolute atomic E-state index is 0.0295. The molecule has 3 heterocycles. The predicted octanol–water partition coefficient (Wildman–Crippen LogP) is 4.03. The van der Waals surface area contributed by atoms with Crippen LogP contribution in [0.5, 0.6) is 5.75 Å². The number of carbonyl (C=O) groups excluding carboxylic acids is 1. The summed E-state index contributed by atoms with van der Waals surface area (Å²) in [5.41, 5.74) is 2.20. The average Bonchev–Trinajstić information content (AvgIpc) is 3.52. The summed E-state index contributed by atoms with van der Waals surface area (Å²) >= 11 is 0. The monoisotopic (exact) mass is 409 g/mol. The van der Waals surface area contributed by atoms with Crippen LogP contribution in [0.1, 0.15) is 52.0 Å². The van der Waals surface area contributed by atoms with Crippen molar-refractivity contribution >= 4 is 5.91 Å². The van der Waals surface area contributed by atoms with E-state index < -0.39 is 0 Å². The molecule has 1 N–H and O–H groups in total. The molecule has 0 radical (unpaired) electrons. The van der Waals surface area contributed by atoms with E-state index >= 15 is 0 Å². The lowest BCUT2D eigenvalue weighted by Crippen LogP contribution is -2.36. The molecule has 1 amide bonds. The Hall–Kier alpha value is -3.06. The Kier molecular flexibility index (Phi) is 6.18. The lowest BCUT2D eigenvalue weighted by molar-refractivity contribution is 0.0929. The summed E-state index contributed by atoms with van der Waals surface area (Å²) in [6, 6.07) is 11.2. The zero-order valence-electron chi connectivity index (χ0n) is 17.4. The minimum atomic E-state index is -0.167. The van der Waals surface area contributed by atoms with Crippen molar-refractivity contribution in [2.45, 2.75) is 39.3 Å². The molecule has 1 atom stereocenters. The van der Waals surface area contributed by atoms with Gasteiger partial charge in [-0.3, -0.25) is 9.69 Å². The maximum absolute atomic E-state index is 13.0. The Morgan fingerprint density at radius 3 is 2.70 bits per heavy atom. The van der Waals surface area contributed by atoms with Crippen LogP contribution in [0.4, 0.5) is 0 Å². The van der Waals surface area contributed by atoms with E-state index in [0.29, 0.717) is 24.5 Å². The number of hydrogen-bond acceptors (Lipinski definition) is 6. The molecule has 1 saturated heterocycles. The van der Waals surface area contributed by atoms with Gasteiger partial charge in [-0.25, -0.2) is 0 Å². The first-order valence-electron chi connectivity index (χ1n) is 10.3. The number of benzene rings is 1. The Morgan fingerprint density at radius 2 is 2.00 bits per heavy atom. The molecule has 3 aromatic rings. The number of rotatable bonds is 8. The highest BCUT2D eigenvalue weighted by molar-refractivity contribution is 5.96. The van der Waals surface area contributed by atoms with Crippen LogP contribution in [0.15, 0.2) is 51.6 Å². The van der Waals surface area contributed by atoms with Gasteiger partial charge in [-0.15, -0.1) is 0 Å². The van der Waals surface area contributed by atoms with Crippen LogP contribution < -0.4 is 10.1 Å². The first-order valence-corrected chi connectivity index (χ1v) is 10.3. The van der Waals surface area contributed by atoms with E-state index in [2.05, 4.69) is 15.4 Å². The van der Waals surface area contributed by atoms with E-state index in [1.807, 2.05) is 38.1 Å². The summed E-state index contributed by atoms with van der Waals surface area (Å²) in [5, 5.41) is 7.02. The largest absolute Gasteiger partial charge is 0.488 e. The first kappa shape index (κ1) is 20.2. The topological polar surface area (TPSA) is 80.7 Å². The molecule has 2 aromatic heterocycles. The number of nitrogens with one attached hydrogen (secondary N) is 1. The van der Waals surface area contributed by atoms with Gasteiger partial charge in [0.25, 0.3) is 5.91 Å². The molecule has 7 nitrogen and oxygen atoms in total. The quantitative estimate of drug-likeness (QED) is 0.605. The number of aryl methyl sites for hydroxylation is 2. The molecular formula is C23H27N3O4. The SMILES string of the molecule is Cc1noc(C)c1COc1ccccc1C(=O)NCC(c1ccco1)N1CCCC1. The molecule has 4 rings (SSSR count). The number of ether oxygens (including phenoxy) is 1. The zero-order chi connectivity index (χ0) is 20.9. The highest BCUT2D eigenvalue weighted by Gasteiger charge is 2.26. The smallest absolute Gasteiger partial charge is 0.255 e. The molecule has 30 heavy (non-hydrogen) atoms. The second-order valence-corrected chi connectivity index (χ2v) is 7.57. The van der Waals surface area contributed by atoms with Gasteiger partial charge in [-0.05, 0) is 64.0 Å². The fourth-order valence-corrected chi connectivity index (χ4v) is 3.87. The van der Waals surface area contributed by atoms with Gasteiger partial charge in [0.15, 0.2) is 0 Å². The Labute approximate surface area is 176 Å². The molecule has 158 valence electrons. The molecule has 1 fully saturated rings. The van der Waals surface area contributed by atoms with Crippen LogP contribution in [-0.4, -0.2) is 35.6 Å². The lowest BCUT2D eigenvalue weighted by atomic mass is 10.1. The number of likely N-dealkylation sites (tertiary alicyclic amines) is 1. The molecule has 0 saturated carbocycles. The number of carbonyl (C=O) groups is 1. The summed E-state index contributed by atoms with van der Waals surface area (Å²) in [4.78, 5) is 15.3. The standard InChI is InChI=1S/C23H27N3O4/c1-16-19(17(2)30-25-16)15-29-21-9-4-3-8-18(21)23(27)24-14-20(22-10-7-13-28-22)26-11-5-6-12-26/h3-4,7-10,13,20H,5-6,11-12,14-15H2,1-2H3,(H,24,27).